The average molecular weight is 337 g/mol. The van der Waals surface area contributed by atoms with Crippen molar-refractivity contribution in [3.05, 3.63) is 45.2 Å². The maximum Gasteiger partial charge on any atom is 0.340 e. The van der Waals surface area contributed by atoms with E-state index < -0.39 is 15.7 Å². The normalized spacial score (nSPS) is 12.1. The molecule has 0 spiro atoms. The zero-order valence-corrected chi connectivity index (χ0v) is 13.7. The van der Waals surface area contributed by atoms with Crippen molar-refractivity contribution < 1.29 is 8.42 Å². The third kappa shape index (κ3) is 2.15. The molecule has 2 aromatic heterocycles. The van der Waals surface area contributed by atoms with E-state index in [0.29, 0.717) is 11.2 Å². The number of hydrogen-bond donors (Lipinski definition) is 2. The molecule has 0 amide bonds. The van der Waals surface area contributed by atoms with Crippen LogP contribution in [-0.2, 0) is 16.4 Å². The Bertz CT molecular complexity index is 1030. The highest BCUT2D eigenvalue weighted by molar-refractivity contribution is 7.92. The molecule has 3 rings (SSSR count). The van der Waals surface area contributed by atoms with Crippen LogP contribution in [0.3, 0.4) is 0 Å². The third-order valence-corrected chi connectivity index (χ3v) is 6.90. The number of nitrogens with one attached hydrogen (secondary N) is 1. The van der Waals surface area contributed by atoms with E-state index in [-0.39, 0.29) is 9.73 Å². The number of aromatic nitrogens is 2. The van der Waals surface area contributed by atoms with Gasteiger partial charge in [-0.1, -0.05) is 6.92 Å². The van der Waals surface area contributed by atoms with E-state index in [0.717, 1.165) is 20.8 Å². The van der Waals surface area contributed by atoms with Gasteiger partial charge in [-0.25, -0.2) is 4.79 Å². The van der Waals surface area contributed by atoms with Gasteiger partial charge in [-0.3, -0.25) is 0 Å². The fourth-order valence-electron chi connectivity index (χ4n) is 2.27. The van der Waals surface area contributed by atoms with Crippen LogP contribution >= 0.6 is 11.3 Å². The minimum atomic E-state index is -3.94. The molecule has 0 saturated carbocycles. The van der Waals surface area contributed by atoms with Gasteiger partial charge in [0.1, 0.15) is 4.21 Å². The number of imidazole rings is 1. The third-order valence-electron chi connectivity index (χ3n) is 3.51. The van der Waals surface area contributed by atoms with Crippen LogP contribution in [0.1, 0.15) is 17.4 Å². The minimum Gasteiger partial charge on any atom is -0.398 e. The summed E-state index contributed by atoms with van der Waals surface area (Å²) in [6.45, 7) is 3.75. The van der Waals surface area contributed by atoms with Crippen LogP contribution in [0, 0.1) is 6.92 Å². The Balaban J connectivity index is 2.31. The van der Waals surface area contributed by atoms with Crippen molar-refractivity contribution in [1.29, 1.82) is 0 Å². The number of fused-ring (bicyclic) bond motifs is 1. The maximum atomic E-state index is 12.8. The van der Waals surface area contributed by atoms with Gasteiger partial charge in [0.2, 0.25) is 0 Å². The number of nitrogens with zero attached hydrogens (tertiary/aromatic N) is 1. The number of nitrogen functional groups attached to an aromatic ring is 1. The molecule has 6 nitrogen and oxygen atoms in total. The Kier molecular flexibility index (Phi) is 3.37. The van der Waals surface area contributed by atoms with E-state index >= 15 is 0 Å². The Morgan fingerprint density at radius 3 is 2.68 bits per heavy atom. The lowest BCUT2D eigenvalue weighted by atomic mass is 10.2. The van der Waals surface area contributed by atoms with Gasteiger partial charge in [0.25, 0.3) is 10.0 Å². The number of H-pyrrole nitrogens is 1. The molecule has 0 saturated heterocycles. The lowest BCUT2D eigenvalue weighted by molar-refractivity contribution is 0.589. The molecule has 0 aliphatic heterocycles. The molecule has 0 bridgehead atoms. The quantitative estimate of drug-likeness (QED) is 0.715. The molecule has 3 N–H and O–H groups in total. The Hall–Kier alpha value is -2.06. The first kappa shape index (κ1) is 14.9. The number of aromatic amines is 1. The SMILES string of the molecule is CCc1ccc(S(=O)(=O)n2c(=O)[nH]c3cc(C)c(N)cc32)s1. The number of thiophene rings is 1. The summed E-state index contributed by atoms with van der Waals surface area (Å²) in [5.74, 6) is 0. The molecule has 0 unspecified atom stereocenters. The topological polar surface area (TPSA) is 98.0 Å². The molecule has 0 atom stereocenters. The van der Waals surface area contributed by atoms with E-state index in [2.05, 4.69) is 4.98 Å². The number of rotatable bonds is 3. The molecule has 0 radical (unpaired) electrons. The molecule has 2 heterocycles. The standard InChI is InChI=1S/C14H15N3O3S2/c1-3-9-4-5-13(21-9)22(19,20)17-12-7-10(15)8(2)6-11(12)16-14(17)18/h4-7H,3,15H2,1-2H3,(H,16,18). The van der Waals surface area contributed by atoms with Gasteiger partial charge in [0.15, 0.2) is 0 Å². The van der Waals surface area contributed by atoms with E-state index in [1.165, 1.54) is 23.5 Å². The zero-order valence-electron chi connectivity index (χ0n) is 12.1. The molecule has 8 heteroatoms. The lowest BCUT2D eigenvalue weighted by Crippen LogP contribution is -2.24. The van der Waals surface area contributed by atoms with E-state index in [1.807, 2.05) is 6.92 Å². The molecule has 0 aliphatic rings. The summed E-state index contributed by atoms with van der Waals surface area (Å²) in [6, 6.07) is 6.47. The molecule has 22 heavy (non-hydrogen) atoms. The highest BCUT2D eigenvalue weighted by Gasteiger charge is 2.24. The van der Waals surface area contributed by atoms with Crippen molar-refractivity contribution >= 4 is 38.1 Å². The fourth-order valence-corrected chi connectivity index (χ4v) is 5.01. The number of aryl methyl sites for hydroxylation is 2. The largest absolute Gasteiger partial charge is 0.398 e. The van der Waals surface area contributed by atoms with Crippen molar-refractivity contribution in [3.63, 3.8) is 0 Å². The summed E-state index contributed by atoms with van der Waals surface area (Å²) in [6.07, 6.45) is 0.745. The molecular formula is C14H15N3O3S2. The molecule has 3 aromatic rings. The van der Waals surface area contributed by atoms with Gasteiger partial charge in [-0.15, -0.1) is 11.3 Å². The minimum absolute atomic E-state index is 0.145. The number of hydrogen-bond acceptors (Lipinski definition) is 5. The van der Waals surface area contributed by atoms with Crippen LogP contribution in [0.2, 0.25) is 0 Å². The highest BCUT2D eigenvalue weighted by atomic mass is 32.2. The second-order valence-electron chi connectivity index (χ2n) is 5.00. The van der Waals surface area contributed by atoms with Crippen molar-refractivity contribution in [1.82, 2.24) is 8.96 Å². The fraction of sp³-hybridized carbons (Fsp3) is 0.214. The van der Waals surface area contributed by atoms with E-state index in [1.54, 1.807) is 19.1 Å². The monoisotopic (exact) mass is 337 g/mol. The summed E-state index contributed by atoms with van der Waals surface area (Å²) < 4.78 is 26.5. The Morgan fingerprint density at radius 1 is 1.32 bits per heavy atom. The molecule has 0 aliphatic carbocycles. The number of anilines is 1. The second kappa shape index (κ2) is 4.99. The first-order chi connectivity index (χ1) is 10.3. The number of benzene rings is 1. The first-order valence-corrected chi connectivity index (χ1v) is 8.95. The van der Waals surface area contributed by atoms with Crippen LogP contribution in [0.4, 0.5) is 5.69 Å². The summed E-state index contributed by atoms with van der Waals surface area (Å²) in [5.41, 5.74) is 7.10. The van der Waals surface area contributed by atoms with Crippen LogP contribution < -0.4 is 11.4 Å². The Labute approximate surface area is 131 Å². The molecular weight excluding hydrogens is 322 g/mol. The highest BCUT2D eigenvalue weighted by Crippen LogP contribution is 2.27. The molecule has 116 valence electrons. The van der Waals surface area contributed by atoms with Crippen LogP contribution in [0.25, 0.3) is 11.0 Å². The van der Waals surface area contributed by atoms with Crippen LogP contribution in [0.5, 0.6) is 0 Å². The van der Waals surface area contributed by atoms with Gasteiger partial charge >= 0.3 is 5.69 Å². The van der Waals surface area contributed by atoms with Crippen molar-refractivity contribution in [2.24, 2.45) is 0 Å². The van der Waals surface area contributed by atoms with Crippen molar-refractivity contribution in [2.75, 3.05) is 5.73 Å². The zero-order chi connectivity index (χ0) is 16.1. The first-order valence-electron chi connectivity index (χ1n) is 6.69. The maximum absolute atomic E-state index is 12.8. The summed E-state index contributed by atoms with van der Waals surface area (Å²) in [5, 5.41) is 0. The van der Waals surface area contributed by atoms with Crippen LogP contribution in [0.15, 0.2) is 33.3 Å². The molecule has 1 aromatic carbocycles. The van der Waals surface area contributed by atoms with Crippen molar-refractivity contribution in [3.8, 4) is 0 Å². The predicted molar refractivity (Wildman–Crippen MR) is 88.0 cm³/mol. The summed E-state index contributed by atoms with van der Waals surface area (Å²) in [4.78, 5) is 15.7. The second-order valence-corrected chi connectivity index (χ2v) is 8.18. The predicted octanol–water partition coefficient (Wildman–Crippen LogP) is 2.08. The lowest BCUT2D eigenvalue weighted by Gasteiger charge is -2.05. The molecule has 0 fully saturated rings. The van der Waals surface area contributed by atoms with Gasteiger partial charge in [-0.05, 0) is 43.2 Å². The van der Waals surface area contributed by atoms with Gasteiger partial charge in [-0.2, -0.15) is 12.4 Å². The van der Waals surface area contributed by atoms with Crippen molar-refractivity contribution in [2.45, 2.75) is 24.5 Å². The number of nitrogens with two attached hydrogens (primary N) is 1. The van der Waals surface area contributed by atoms with Crippen LogP contribution in [-0.4, -0.2) is 17.4 Å². The van der Waals surface area contributed by atoms with E-state index in [4.69, 9.17) is 5.73 Å². The Morgan fingerprint density at radius 2 is 2.05 bits per heavy atom. The average Bonchev–Trinajstić information content (AvgIpc) is 3.04. The van der Waals surface area contributed by atoms with Gasteiger partial charge in [0, 0.05) is 10.6 Å². The summed E-state index contributed by atoms with van der Waals surface area (Å²) >= 11 is 1.17. The van der Waals surface area contributed by atoms with Gasteiger partial charge < -0.3 is 10.7 Å². The smallest absolute Gasteiger partial charge is 0.340 e. The summed E-state index contributed by atoms with van der Waals surface area (Å²) in [7, 11) is -3.94. The van der Waals surface area contributed by atoms with E-state index in [9.17, 15) is 13.2 Å². The van der Waals surface area contributed by atoms with Gasteiger partial charge in [0.05, 0.1) is 11.0 Å².